The third-order valence-corrected chi connectivity index (χ3v) is 4.89. The Morgan fingerprint density at radius 2 is 1.96 bits per heavy atom. The van der Waals surface area contributed by atoms with Crippen molar-refractivity contribution in [2.24, 2.45) is 5.73 Å². The minimum atomic E-state index is -0.889. The molecule has 0 atom stereocenters. The number of amides is 1. The summed E-state index contributed by atoms with van der Waals surface area (Å²) in [6, 6.07) is 13.1. The lowest BCUT2D eigenvalue weighted by Gasteiger charge is -2.17. The molecule has 0 fully saturated rings. The Hall–Kier alpha value is -2.70. The van der Waals surface area contributed by atoms with Crippen molar-refractivity contribution in [1.29, 1.82) is 0 Å². The predicted molar refractivity (Wildman–Crippen MR) is 101 cm³/mol. The summed E-state index contributed by atoms with van der Waals surface area (Å²) in [5.41, 5.74) is 7.65. The van der Waals surface area contributed by atoms with Gasteiger partial charge < -0.3 is 16.2 Å². The Morgan fingerprint density at radius 1 is 1.24 bits per heavy atom. The van der Waals surface area contributed by atoms with E-state index in [2.05, 4.69) is 10.3 Å². The molecule has 0 saturated carbocycles. The number of pyridine rings is 1. The first-order valence-electron chi connectivity index (χ1n) is 7.78. The lowest BCUT2D eigenvalue weighted by atomic mass is 9.97. The first-order valence-corrected chi connectivity index (χ1v) is 8.60. The van der Waals surface area contributed by atoms with Gasteiger partial charge in [-0.05, 0) is 43.2 Å². The van der Waals surface area contributed by atoms with E-state index < -0.39 is 11.5 Å². The van der Waals surface area contributed by atoms with Crippen LogP contribution in [0.15, 0.2) is 54.9 Å². The highest BCUT2D eigenvalue weighted by Crippen LogP contribution is 2.37. The number of anilines is 2. The van der Waals surface area contributed by atoms with Crippen LogP contribution in [0.4, 0.5) is 10.7 Å². The first-order chi connectivity index (χ1) is 11.8. The SMILES string of the molecule is CC(C)(O)c1ccc(-c2cc(C(N)=O)c(Nc3cccnc3)s2)cc1. The van der Waals surface area contributed by atoms with Crippen molar-refractivity contribution < 1.29 is 9.90 Å². The second-order valence-corrected chi connectivity index (χ2v) is 7.27. The number of hydrogen-bond acceptors (Lipinski definition) is 5. The molecule has 6 heteroatoms. The van der Waals surface area contributed by atoms with Gasteiger partial charge in [0.15, 0.2) is 0 Å². The number of nitrogens with one attached hydrogen (secondary N) is 1. The minimum Gasteiger partial charge on any atom is -0.386 e. The van der Waals surface area contributed by atoms with Gasteiger partial charge >= 0.3 is 0 Å². The zero-order valence-corrected chi connectivity index (χ0v) is 14.8. The number of nitrogens with zero attached hydrogens (tertiary/aromatic N) is 1. The molecule has 2 aromatic heterocycles. The summed E-state index contributed by atoms with van der Waals surface area (Å²) in [7, 11) is 0. The largest absolute Gasteiger partial charge is 0.386 e. The summed E-state index contributed by atoms with van der Waals surface area (Å²) in [4.78, 5) is 16.8. The van der Waals surface area contributed by atoms with E-state index >= 15 is 0 Å². The average Bonchev–Trinajstić information content (AvgIpc) is 2.99. The summed E-state index contributed by atoms with van der Waals surface area (Å²) in [6.07, 6.45) is 3.37. The predicted octanol–water partition coefficient (Wildman–Crippen LogP) is 3.88. The number of carbonyl (C=O) groups excluding carboxylic acids is 1. The number of thiophene rings is 1. The number of aliphatic hydroxyl groups is 1. The third kappa shape index (κ3) is 3.87. The van der Waals surface area contributed by atoms with Gasteiger partial charge in [-0.25, -0.2) is 0 Å². The molecule has 0 aliphatic carbocycles. The fourth-order valence-corrected chi connectivity index (χ4v) is 3.51. The van der Waals surface area contributed by atoms with Gasteiger partial charge in [-0.3, -0.25) is 9.78 Å². The lowest BCUT2D eigenvalue weighted by Crippen LogP contribution is -2.14. The highest BCUT2D eigenvalue weighted by molar-refractivity contribution is 7.19. The zero-order valence-electron chi connectivity index (χ0n) is 14.0. The molecular formula is C19H19N3O2S. The van der Waals surface area contributed by atoms with Crippen molar-refractivity contribution in [2.75, 3.05) is 5.32 Å². The van der Waals surface area contributed by atoms with Gasteiger partial charge in [-0.15, -0.1) is 11.3 Å². The molecule has 1 amide bonds. The molecule has 25 heavy (non-hydrogen) atoms. The summed E-state index contributed by atoms with van der Waals surface area (Å²) >= 11 is 1.45. The third-order valence-electron chi connectivity index (χ3n) is 3.79. The van der Waals surface area contributed by atoms with Crippen LogP contribution in [0.1, 0.15) is 29.8 Å². The number of aromatic nitrogens is 1. The van der Waals surface area contributed by atoms with E-state index in [9.17, 15) is 9.90 Å². The average molecular weight is 353 g/mol. The molecule has 0 unspecified atom stereocenters. The molecule has 4 N–H and O–H groups in total. The smallest absolute Gasteiger partial charge is 0.251 e. The van der Waals surface area contributed by atoms with E-state index in [-0.39, 0.29) is 0 Å². The van der Waals surface area contributed by atoms with E-state index in [4.69, 9.17) is 5.73 Å². The fraction of sp³-hybridized carbons (Fsp3) is 0.158. The minimum absolute atomic E-state index is 0.440. The monoisotopic (exact) mass is 353 g/mol. The molecule has 3 rings (SSSR count). The molecule has 128 valence electrons. The van der Waals surface area contributed by atoms with Crippen LogP contribution in [-0.2, 0) is 5.60 Å². The van der Waals surface area contributed by atoms with Gasteiger partial charge in [-0.1, -0.05) is 24.3 Å². The summed E-state index contributed by atoms with van der Waals surface area (Å²) < 4.78 is 0. The molecule has 0 aliphatic heterocycles. The molecule has 0 spiro atoms. The molecule has 5 nitrogen and oxygen atoms in total. The Bertz CT molecular complexity index is 881. The summed E-state index contributed by atoms with van der Waals surface area (Å²) in [5, 5.41) is 13.9. The van der Waals surface area contributed by atoms with Gasteiger partial charge in [-0.2, -0.15) is 0 Å². The topological polar surface area (TPSA) is 88.2 Å². The van der Waals surface area contributed by atoms with Crippen LogP contribution in [0, 0.1) is 0 Å². The Balaban J connectivity index is 1.95. The number of carbonyl (C=O) groups is 1. The molecule has 2 heterocycles. The highest BCUT2D eigenvalue weighted by atomic mass is 32.1. The second-order valence-electron chi connectivity index (χ2n) is 6.22. The van der Waals surface area contributed by atoms with Crippen LogP contribution in [0.3, 0.4) is 0 Å². The van der Waals surface area contributed by atoms with E-state index in [1.165, 1.54) is 11.3 Å². The maximum absolute atomic E-state index is 11.8. The lowest BCUT2D eigenvalue weighted by molar-refractivity contribution is 0.0786. The van der Waals surface area contributed by atoms with Crippen LogP contribution in [-0.4, -0.2) is 16.0 Å². The van der Waals surface area contributed by atoms with Crippen LogP contribution < -0.4 is 11.1 Å². The maximum Gasteiger partial charge on any atom is 0.251 e. The van der Waals surface area contributed by atoms with Gasteiger partial charge in [0.2, 0.25) is 0 Å². The second kappa shape index (κ2) is 6.66. The zero-order chi connectivity index (χ0) is 18.0. The van der Waals surface area contributed by atoms with Crippen molar-refractivity contribution in [3.05, 3.63) is 66.0 Å². The molecule has 1 aromatic carbocycles. The van der Waals surface area contributed by atoms with Crippen LogP contribution in [0.5, 0.6) is 0 Å². The molecule has 0 saturated heterocycles. The summed E-state index contributed by atoms with van der Waals surface area (Å²) in [6.45, 7) is 3.49. The normalized spacial score (nSPS) is 11.3. The molecule has 3 aromatic rings. The summed E-state index contributed by atoms with van der Waals surface area (Å²) in [5.74, 6) is -0.484. The quantitative estimate of drug-likeness (QED) is 0.649. The van der Waals surface area contributed by atoms with Crippen LogP contribution in [0.2, 0.25) is 0 Å². The van der Waals surface area contributed by atoms with E-state index in [1.54, 1.807) is 32.3 Å². The number of rotatable bonds is 5. The molecule has 0 aliphatic rings. The Morgan fingerprint density at radius 3 is 2.52 bits per heavy atom. The molecule has 0 radical (unpaired) electrons. The number of benzene rings is 1. The van der Waals surface area contributed by atoms with Gasteiger partial charge in [0, 0.05) is 11.1 Å². The highest BCUT2D eigenvalue weighted by Gasteiger charge is 2.18. The van der Waals surface area contributed by atoms with Crippen LogP contribution >= 0.6 is 11.3 Å². The fourth-order valence-electron chi connectivity index (χ4n) is 2.42. The Labute approximate surface area is 150 Å². The van der Waals surface area contributed by atoms with Gasteiger partial charge in [0.25, 0.3) is 5.91 Å². The van der Waals surface area contributed by atoms with E-state index in [0.717, 1.165) is 21.7 Å². The molecular weight excluding hydrogens is 334 g/mol. The number of primary amides is 1. The van der Waals surface area contributed by atoms with Crippen molar-refractivity contribution in [1.82, 2.24) is 4.98 Å². The van der Waals surface area contributed by atoms with Gasteiger partial charge in [0.1, 0.15) is 5.00 Å². The maximum atomic E-state index is 11.8. The van der Waals surface area contributed by atoms with Gasteiger partial charge in [0.05, 0.1) is 23.0 Å². The van der Waals surface area contributed by atoms with Crippen molar-refractivity contribution in [3.63, 3.8) is 0 Å². The molecule has 0 bridgehead atoms. The van der Waals surface area contributed by atoms with E-state index in [1.807, 2.05) is 36.4 Å². The first kappa shape index (κ1) is 17.1. The number of nitrogens with two attached hydrogens (primary N) is 1. The van der Waals surface area contributed by atoms with Crippen LogP contribution in [0.25, 0.3) is 10.4 Å². The van der Waals surface area contributed by atoms with Crippen molar-refractivity contribution in [3.8, 4) is 10.4 Å². The van der Waals surface area contributed by atoms with Crippen molar-refractivity contribution >= 4 is 27.9 Å². The Kier molecular flexibility index (Phi) is 4.57. The standard InChI is InChI=1S/C19H19N3O2S/c1-19(2,24)13-7-5-12(6-8-13)16-10-15(17(20)23)18(25-16)22-14-4-3-9-21-11-14/h3-11,22,24H,1-2H3,(H2,20,23). The number of hydrogen-bond donors (Lipinski definition) is 3. The van der Waals surface area contributed by atoms with E-state index in [0.29, 0.717) is 10.6 Å². The van der Waals surface area contributed by atoms with Crippen molar-refractivity contribution in [2.45, 2.75) is 19.4 Å².